The number of hydrogen-bond acceptors (Lipinski definition) is 5. The second-order valence-corrected chi connectivity index (χ2v) is 4.53. The third-order valence-corrected chi connectivity index (χ3v) is 3.35. The van der Waals surface area contributed by atoms with E-state index in [4.69, 9.17) is 0 Å². The van der Waals surface area contributed by atoms with Crippen molar-refractivity contribution in [2.24, 2.45) is 0 Å². The monoisotopic (exact) mass is 258 g/mol. The third kappa shape index (κ3) is 2.44. The fourth-order valence-corrected chi connectivity index (χ4v) is 2.48. The molecule has 2 aromatic rings. The Morgan fingerprint density at radius 1 is 1.37 bits per heavy atom. The van der Waals surface area contributed by atoms with Crippen molar-refractivity contribution in [1.82, 2.24) is 30.1 Å². The van der Waals surface area contributed by atoms with Crippen molar-refractivity contribution in [3.05, 3.63) is 36.4 Å². The van der Waals surface area contributed by atoms with Crippen LogP contribution in [0.3, 0.4) is 0 Å². The Balaban J connectivity index is 1.74. The number of carbonyl (C=O) groups excluding carboxylic acids is 1. The van der Waals surface area contributed by atoms with E-state index < -0.39 is 0 Å². The van der Waals surface area contributed by atoms with Gasteiger partial charge in [0.15, 0.2) is 0 Å². The van der Waals surface area contributed by atoms with Gasteiger partial charge in [0.05, 0.1) is 6.04 Å². The lowest BCUT2D eigenvalue weighted by atomic mass is 10.1. The highest BCUT2D eigenvalue weighted by atomic mass is 16.2. The highest BCUT2D eigenvalue weighted by molar-refractivity contribution is 5.76. The summed E-state index contributed by atoms with van der Waals surface area (Å²) in [5, 5.41) is 10.8. The van der Waals surface area contributed by atoms with Crippen LogP contribution in [0.2, 0.25) is 0 Å². The maximum atomic E-state index is 12.3. The molecule has 1 aliphatic heterocycles. The van der Waals surface area contributed by atoms with Gasteiger partial charge in [-0.3, -0.25) is 9.78 Å². The first-order chi connectivity index (χ1) is 9.34. The molecule has 1 aliphatic rings. The molecule has 7 nitrogen and oxygen atoms in total. The zero-order chi connectivity index (χ0) is 13.1. The molecule has 2 aromatic heterocycles. The maximum absolute atomic E-state index is 12.3. The van der Waals surface area contributed by atoms with Crippen LogP contribution < -0.4 is 0 Å². The van der Waals surface area contributed by atoms with E-state index in [-0.39, 0.29) is 18.5 Å². The van der Waals surface area contributed by atoms with Crippen LogP contribution in [0.5, 0.6) is 0 Å². The van der Waals surface area contributed by atoms with Gasteiger partial charge in [-0.05, 0) is 41.0 Å². The smallest absolute Gasteiger partial charge is 0.244 e. The molecule has 3 rings (SSSR count). The lowest BCUT2D eigenvalue weighted by molar-refractivity contribution is -0.133. The van der Waals surface area contributed by atoms with Gasteiger partial charge in [-0.15, -0.1) is 5.10 Å². The molecule has 1 saturated heterocycles. The van der Waals surface area contributed by atoms with Crippen molar-refractivity contribution >= 4 is 5.91 Å². The zero-order valence-corrected chi connectivity index (χ0v) is 10.4. The van der Waals surface area contributed by atoms with Crippen LogP contribution in [-0.2, 0) is 11.3 Å². The van der Waals surface area contributed by atoms with Crippen LogP contribution in [0, 0.1) is 0 Å². The molecule has 19 heavy (non-hydrogen) atoms. The second-order valence-electron chi connectivity index (χ2n) is 4.53. The van der Waals surface area contributed by atoms with Gasteiger partial charge in [-0.1, -0.05) is 0 Å². The van der Waals surface area contributed by atoms with Crippen LogP contribution >= 0.6 is 0 Å². The van der Waals surface area contributed by atoms with E-state index in [1.54, 1.807) is 12.4 Å². The topological polar surface area (TPSA) is 76.8 Å². The number of amides is 1. The number of carbonyl (C=O) groups is 1. The Morgan fingerprint density at radius 3 is 2.95 bits per heavy atom. The molecule has 0 aliphatic carbocycles. The fraction of sp³-hybridized carbons (Fsp3) is 0.417. The highest BCUT2D eigenvalue weighted by Gasteiger charge is 2.29. The molecule has 0 N–H and O–H groups in total. The molecule has 98 valence electrons. The minimum absolute atomic E-state index is 0.0478. The van der Waals surface area contributed by atoms with Gasteiger partial charge in [0.1, 0.15) is 12.9 Å². The Bertz CT molecular complexity index is 541. The van der Waals surface area contributed by atoms with Crippen LogP contribution in [0.25, 0.3) is 0 Å². The summed E-state index contributed by atoms with van der Waals surface area (Å²) in [6.45, 7) is 0.975. The molecule has 0 saturated carbocycles. The minimum atomic E-state index is 0.0478. The van der Waals surface area contributed by atoms with Crippen molar-refractivity contribution in [3.63, 3.8) is 0 Å². The SMILES string of the molecule is O=C(Cn1cnnn1)N1CCC[C@H]1c1ccncc1. The normalized spacial score (nSPS) is 18.7. The zero-order valence-electron chi connectivity index (χ0n) is 10.4. The van der Waals surface area contributed by atoms with E-state index in [1.165, 1.54) is 11.0 Å². The number of rotatable bonds is 3. The lowest BCUT2D eigenvalue weighted by Gasteiger charge is -2.24. The lowest BCUT2D eigenvalue weighted by Crippen LogP contribution is -2.33. The molecule has 0 radical (unpaired) electrons. The van der Waals surface area contributed by atoms with E-state index in [2.05, 4.69) is 20.5 Å². The van der Waals surface area contributed by atoms with Gasteiger partial charge in [0.2, 0.25) is 5.91 Å². The first-order valence-corrected chi connectivity index (χ1v) is 6.25. The van der Waals surface area contributed by atoms with E-state index in [9.17, 15) is 4.79 Å². The molecule has 1 amide bonds. The Morgan fingerprint density at radius 2 is 2.21 bits per heavy atom. The van der Waals surface area contributed by atoms with Crippen molar-refractivity contribution in [2.75, 3.05) is 6.54 Å². The first-order valence-electron chi connectivity index (χ1n) is 6.25. The number of aromatic nitrogens is 5. The summed E-state index contributed by atoms with van der Waals surface area (Å²) in [5.41, 5.74) is 1.14. The quantitative estimate of drug-likeness (QED) is 0.798. The van der Waals surface area contributed by atoms with Gasteiger partial charge < -0.3 is 4.90 Å². The summed E-state index contributed by atoms with van der Waals surface area (Å²) >= 11 is 0. The van der Waals surface area contributed by atoms with Crippen molar-refractivity contribution < 1.29 is 4.79 Å². The van der Waals surface area contributed by atoms with E-state index in [1.807, 2.05) is 17.0 Å². The number of tetrazole rings is 1. The molecule has 1 atom stereocenters. The minimum Gasteiger partial charge on any atom is -0.334 e. The van der Waals surface area contributed by atoms with Crippen LogP contribution in [0.1, 0.15) is 24.4 Å². The third-order valence-electron chi connectivity index (χ3n) is 3.35. The molecule has 1 fully saturated rings. The number of hydrogen-bond donors (Lipinski definition) is 0. The Kier molecular flexibility index (Phi) is 3.18. The predicted octanol–water partition coefficient (Wildman–Crippen LogP) is 0.432. The molecule has 7 heteroatoms. The Labute approximate surface area is 110 Å². The second kappa shape index (κ2) is 5.13. The summed E-state index contributed by atoms with van der Waals surface area (Å²) < 4.78 is 1.45. The molecule has 0 unspecified atom stereocenters. The summed E-state index contributed by atoms with van der Waals surface area (Å²) in [7, 11) is 0. The summed E-state index contributed by atoms with van der Waals surface area (Å²) in [6, 6.07) is 4.08. The number of nitrogens with zero attached hydrogens (tertiary/aromatic N) is 6. The van der Waals surface area contributed by atoms with E-state index in [0.29, 0.717) is 0 Å². The largest absolute Gasteiger partial charge is 0.334 e. The van der Waals surface area contributed by atoms with Gasteiger partial charge in [-0.25, -0.2) is 4.68 Å². The summed E-state index contributed by atoms with van der Waals surface area (Å²) in [6.07, 6.45) is 6.99. The van der Waals surface area contributed by atoms with Crippen molar-refractivity contribution in [1.29, 1.82) is 0 Å². The molecule has 0 aromatic carbocycles. The van der Waals surface area contributed by atoms with Gasteiger partial charge >= 0.3 is 0 Å². The van der Waals surface area contributed by atoms with E-state index in [0.717, 1.165) is 24.9 Å². The van der Waals surface area contributed by atoms with Gasteiger partial charge in [-0.2, -0.15) is 0 Å². The van der Waals surface area contributed by atoms with Crippen LogP contribution in [0.15, 0.2) is 30.9 Å². The molecule has 3 heterocycles. The van der Waals surface area contributed by atoms with E-state index >= 15 is 0 Å². The van der Waals surface area contributed by atoms with Gasteiger partial charge in [0.25, 0.3) is 0 Å². The molecule has 0 spiro atoms. The summed E-state index contributed by atoms with van der Waals surface area (Å²) in [5.74, 6) is 0.0478. The first kappa shape index (κ1) is 11.8. The van der Waals surface area contributed by atoms with Crippen LogP contribution in [-0.4, -0.2) is 42.5 Å². The highest BCUT2D eigenvalue weighted by Crippen LogP contribution is 2.31. The number of likely N-dealkylation sites (tertiary alicyclic amines) is 1. The average molecular weight is 258 g/mol. The number of pyridine rings is 1. The maximum Gasteiger partial charge on any atom is 0.244 e. The average Bonchev–Trinajstić information content (AvgIpc) is 3.10. The van der Waals surface area contributed by atoms with Gasteiger partial charge in [0, 0.05) is 18.9 Å². The molecular formula is C12H14N6O. The predicted molar refractivity (Wildman–Crippen MR) is 65.7 cm³/mol. The van der Waals surface area contributed by atoms with Crippen molar-refractivity contribution in [3.8, 4) is 0 Å². The Hall–Kier alpha value is -2.31. The standard InChI is InChI=1S/C12H14N6O/c19-12(8-17-9-14-15-16-17)18-7-1-2-11(18)10-3-5-13-6-4-10/h3-6,9,11H,1-2,7-8H2/t11-/m0/s1. The van der Waals surface area contributed by atoms with Crippen LogP contribution in [0.4, 0.5) is 0 Å². The molecule has 0 bridgehead atoms. The molecular weight excluding hydrogens is 244 g/mol. The summed E-state index contributed by atoms with van der Waals surface area (Å²) in [4.78, 5) is 18.2. The fourth-order valence-electron chi connectivity index (χ4n) is 2.48. The van der Waals surface area contributed by atoms with Crippen molar-refractivity contribution in [2.45, 2.75) is 25.4 Å².